The highest BCUT2D eigenvalue weighted by Gasteiger charge is 2.15. The number of nitrogens with one attached hydrogen (secondary N) is 1. The van der Waals surface area contributed by atoms with Gasteiger partial charge in [0.1, 0.15) is 6.61 Å². The second kappa shape index (κ2) is 4.72. The minimum atomic E-state index is -0.136. The van der Waals surface area contributed by atoms with Crippen molar-refractivity contribution in [2.24, 2.45) is 0 Å². The number of thiazole rings is 1. The first-order valence-electron chi connectivity index (χ1n) is 5.07. The van der Waals surface area contributed by atoms with Crippen LogP contribution in [0.3, 0.4) is 0 Å². The molecule has 0 saturated carbocycles. The second-order valence-corrected chi connectivity index (χ2v) is 4.66. The van der Waals surface area contributed by atoms with Crippen LogP contribution in [-0.2, 0) is 22.4 Å². The van der Waals surface area contributed by atoms with Gasteiger partial charge in [0.25, 0.3) is 5.91 Å². The van der Waals surface area contributed by atoms with Crippen LogP contribution in [0.15, 0.2) is 0 Å². The van der Waals surface area contributed by atoms with Gasteiger partial charge in [-0.2, -0.15) is 0 Å². The first kappa shape index (κ1) is 10.6. The molecule has 0 spiro atoms. The van der Waals surface area contributed by atoms with Crippen LogP contribution in [-0.4, -0.2) is 24.6 Å². The summed E-state index contributed by atoms with van der Waals surface area (Å²) in [6.07, 6.45) is 4.60. The third-order valence-corrected chi connectivity index (χ3v) is 3.44. The van der Waals surface area contributed by atoms with Crippen molar-refractivity contribution in [2.75, 3.05) is 19.0 Å². The maximum atomic E-state index is 11.3. The van der Waals surface area contributed by atoms with Gasteiger partial charge in [-0.1, -0.05) is 0 Å². The van der Waals surface area contributed by atoms with Gasteiger partial charge in [0.2, 0.25) is 0 Å². The molecular formula is C10H14N2O2S. The van der Waals surface area contributed by atoms with Crippen molar-refractivity contribution in [3.05, 3.63) is 10.6 Å². The van der Waals surface area contributed by atoms with Gasteiger partial charge in [0.15, 0.2) is 5.13 Å². The summed E-state index contributed by atoms with van der Waals surface area (Å²) in [5.74, 6) is -0.136. The van der Waals surface area contributed by atoms with E-state index in [4.69, 9.17) is 4.74 Å². The number of methoxy groups -OCH3 is 1. The van der Waals surface area contributed by atoms with Crippen molar-refractivity contribution in [3.63, 3.8) is 0 Å². The number of aromatic nitrogens is 1. The van der Waals surface area contributed by atoms with E-state index in [1.54, 1.807) is 11.3 Å². The predicted octanol–water partition coefficient (Wildman–Crippen LogP) is 1.61. The van der Waals surface area contributed by atoms with Gasteiger partial charge in [0.05, 0.1) is 5.69 Å². The standard InChI is InChI=1S/C10H14N2O2S/c1-14-6-9(13)12-10-11-7-4-2-3-5-8(7)15-10/h2-6H2,1H3,(H,11,12,13). The Morgan fingerprint density at radius 3 is 3.07 bits per heavy atom. The largest absolute Gasteiger partial charge is 0.375 e. The highest BCUT2D eigenvalue weighted by atomic mass is 32.1. The van der Waals surface area contributed by atoms with Crippen LogP contribution < -0.4 is 5.32 Å². The normalized spacial score (nSPS) is 14.7. The van der Waals surface area contributed by atoms with Crippen LogP contribution in [0.2, 0.25) is 0 Å². The van der Waals surface area contributed by atoms with Crippen molar-refractivity contribution < 1.29 is 9.53 Å². The fourth-order valence-corrected chi connectivity index (χ4v) is 2.76. The zero-order valence-corrected chi connectivity index (χ0v) is 9.52. The Balaban J connectivity index is 2.03. The molecule has 0 atom stereocenters. The molecule has 1 aliphatic carbocycles. The fourth-order valence-electron chi connectivity index (χ4n) is 1.69. The SMILES string of the molecule is COCC(=O)Nc1nc2c(s1)CCCC2. The lowest BCUT2D eigenvalue weighted by Crippen LogP contribution is -2.16. The fraction of sp³-hybridized carbons (Fsp3) is 0.600. The summed E-state index contributed by atoms with van der Waals surface area (Å²) >= 11 is 1.59. The number of rotatable bonds is 3. The molecule has 0 bridgehead atoms. The molecule has 0 aliphatic heterocycles. The Kier molecular flexibility index (Phi) is 3.33. The van der Waals surface area contributed by atoms with Gasteiger partial charge in [-0.05, 0) is 25.7 Å². The van der Waals surface area contributed by atoms with E-state index >= 15 is 0 Å². The number of fused-ring (bicyclic) bond motifs is 1. The topological polar surface area (TPSA) is 51.2 Å². The van der Waals surface area contributed by atoms with Crippen LogP contribution in [0, 0.1) is 0 Å². The molecule has 1 aromatic heterocycles. The summed E-state index contributed by atoms with van der Waals surface area (Å²) in [6.45, 7) is 0.0875. The minimum Gasteiger partial charge on any atom is -0.375 e. The molecule has 1 aliphatic rings. The molecule has 0 saturated heterocycles. The highest BCUT2D eigenvalue weighted by molar-refractivity contribution is 7.15. The van der Waals surface area contributed by atoms with E-state index in [-0.39, 0.29) is 12.5 Å². The van der Waals surface area contributed by atoms with Crippen molar-refractivity contribution in [1.82, 2.24) is 4.98 Å². The summed E-state index contributed by atoms with van der Waals surface area (Å²) in [5.41, 5.74) is 1.17. The molecule has 0 fully saturated rings. The Morgan fingerprint density at radius 2 is 2.33 bits per heavy atom. The number of ether oxygens (including phenoxy) is 1. The second-order valence-electron chi connectivity index (χ2n) is 3.58. The summed E-state index contributed by atoms with van der Waals surface area (Å²) in [4.78, 5) is 17.0. The van der Waals surface area contributed by atoms with Gasteiger partial charge in [0, 0.05) is 12.0 Å². The molecule has 0 aromatic carbocycles. The van der Waals surface area contributed by atoms with Gasteiger partial charge in [-0.25, -0.2) is 4.98 Å². The maximum absolute atomic E-state index is 11.3. The summed E-state index contributed by atoms with van der Waals surface area (Å²) < 4.78 is 4.74. The molecule has 5 heteroatoms. The lowest BCUT2D eigenvalue weighted by atomic mass is 10.0. The van der Waals surface area contributed by atoms with E-state index < -0.39 is 0 Å². The molecule has 1 amide bonds. The zero-order chi connectivity index (χ0) is 10.7. The number of anilines is 1. The average Bonchev–Trinajstić information content (AvgIpc) is 2.59. The molecule has 4 nitrogen and oxygen atoms in total. The van der Waals surface area contributed by atoms with E-state index in [0.29, 0.717) is 5.13 Å². The highest BCUT2D eigenvalue weighted by Crippen LogP contribution is 2.29. The third-order valence-electron chi connectivity index (χ3n) is 2.37. The minimum absolute atomic E-state index is 0.0875. The lowest BCUT2D eigenvalue weighted by Gasteiger charge is -2.06. The lowest BCUT2D eigenvalue weighted by molar-refractivity contribution is -0.119. The van der Waals surface area contributed by atoms with Crippen LogP contribution in [0.1, 0.15) is 23.4 Å². The monoisotopic (exact) mass is 226 g/mol. The molecule has 1 heterocycles. The Morgan fingerprint density at radius 1 is 1.53 bits per heavy atom. The van der Waals surface area contributed by atoms with E-state index in [1.807, 2.05) is 0 Å². The number of aryl methyl sites for hydroxylation is 2. The van der Waals surface area contributed by atoms with Crippen molar-refractivity contribution in [1.29, 1.82) is 0 Å². The molecule has 0 unspecified atom stereocenters. The molecule has 0 radical (unpaired) electrons. The van der Waals surface area contributed by atoms with Crippen molar-refractivity contribution in [3.8, 4) is 0 Å². The number of carbonyl (C=O) groups excluding carboxylic acids is 1. The van der Waals surface area contributed by atoms with Gasteiger partial charge < -0.3 is 4.74 Å². The number of hydrogen-bond donors (Lipinski definition) is 1. The van der Waals surface area contributed by atoms with Crippen LogP contribution >= 0.6 is 11.3 Å². The first-order chi connectivity index (χ1) is 7.29. The molecular weight excluding hydrogens is 212 g/mol. The van der Waals surface area contributed by atoms with E-state index in [0.717, 1.165) is 12.8 Å². The summed E-state index contributed by atoms with van der Waals surface area (Å²) in [6, 6.07) is 0. The van der Waals surface area contributed by atoms with Crippen molar-refractivity contribution >= 4 is 22.4 Å². The van der Waals surface area contributed by atoms with E-state index in [2.05, 4.69) is 10.3 Å². The quantitative estimate of drug-likeness (QED) is 0.851. The van der Waals surface area contributed by atoms with Crippen LogP contribution in [0.5, 0.6) is 0 Å². The van der Waals surface area contributed by atoms with Crippen LogP contribution in [0.25, 0.3) is 0 Å². The molecule has 82 valence electrons. The first-order valence-corrected chi connectivity index (χ1v) is 5.88. The maximum Gasteiger partial charge on any atom is 0.252 e. The van der Waals surface area contributed by atoms with Gasteiger partial charge in [-0.3, -0.25) is 10.1 Å². The van der Waals surface area contributed by atoms with Crippen LogP contribution in [0.4, 0.5) is 5.13 Å². The smallest absolute Gasteiger partial charge is 0.252 e. The Bertz CT molecular complexity index is 339. The molecule has 1 aromatic rings. The van der Waals surface area contributed by atoms with Crippen molar-refractivity contribution in [2.45, 2.75) is 25.7 Å². The van der Waals surface area contributed by atoms with E-state index in [9.17, 15) is 4.79 Å². The zero-order valence-electron chi connectivity index (χ0n) is 8.71. The predicted molar refractivity (Wildman–Crippen MR) is 59.3 cm³/mol. The Hall–Kier alpha value is -0.940. The van der Waals surface area contributed by atoms with Gasteiger partial charge >= 0.3 is 0 Å². The number of amides is 1. The summed E-state index contributed by atoms with van der Waals surface area (Å²) in [7, 11) is 1.51. The number of hydrogen-bond acceptors (Lipinski definition) is 4. The summed E-state index contributed by atoms with van der Waals surface area (Å²) in [5, 5.41) is 3.46. The average molecular weight is 226 g/mol. The number of carbonyl (C=O) groups is 1. The molecule has 2 rings (SSSR count). The van der Waals surface area contributed by atoms with E-state index in [1.165, 1.54) is 30.5 Å². The number of nitrogens with zero attached hydrogens (tertiary/aromatic N) is 1. The molecule has 15 heavy (non-hydrogen) atoms. The van der Waals surface area contributed by atoms with Gasteiger partial charge in [-0.15, -0.1) is 11.3 Å². The third kappa shape index (κ3) is 2.54. The molecule has 1 N–H and O–H groups in total. The Labute approximate surface area is 92.7 Å².